The first-order chi connectivity index (χ1) is 9.67. The molecule has 0 aromatic heterocycles. The van der Waals surface area contributed by atoms with Crippen LogP contribution in [0, 0.1) is 0 Å². The Morgan fingerprint density at radius 2 is 1.35 bits per heavy atom. The average molecular weight is 272 g/mol. The molecule has 4 heteroatoms. The molecule has 0 unspecified atom stereocenters. The van der Waals surface area contributed by atoms with Crippen LogP contribution in [0.2, 0.25) is 0 Å². The van der Waals surface area contributed by atoms with Gasteiger partial charge >= 0.3 is 0 Å². The van der Waals surface area contributed by atoms with Crippen LogP contribution in [0.3, 0.4) is 0 Å². The Balaban J connectivity index is 2.46. The molecule has 0 atom stereocenters. The van der Waals surface area contributed by atoms with E-state index in [1.807, 2.05) is 12.1 Å². The molecule has 2 aromatic rings. The van der Waals surface area contributed by atoms with Crippen LogP contribution in [0.1, 0.15) is 17.3 Å². The van der Waals surface area contributed by atoms with Crippen LogP contribution in [0.15, 0.2) is 42.5 Å². The minimum atomic E-state index is -0.118. The molecule has 0 spiro atoms. The van der Waals surface area contributed by atoms with E-state index < -0.39 is 0 Å². The topological polar surface area (TPSA) is 44.8 Å². The first-order valence-electron chi connectivity index (χ1n) is 6.16. The number of benzene rings is 2. The molecule has 4 nitrogen and oxygen atoms in total. The smallest absolute Gasteiger partial charge is 0.169 e. The van der Waals surface area contributed by atoms with Crippen LogP contribution in [-0.2, 0) is 0 Å². The van der Waals surface area contributed by atoms with E-state index in [-0.39, 0.29) is 5.78 Å². The third-order valence-corrected chi connectivity index (χ3v) is 2.85. The van der Waals surface area contributed by atoms with E-state index in [0.717, 1.165) is 0 Å². The second-order valence-electron chi connectivity index (χ2n) is 4.14. The quantitative estimate of drug-likeness (QED) is 0.778. The zero-order valence-corrected chi connectivity index (χ0v) is 11.7. The second kappa shape index (κ2) is 6.10. The molecule has 0 aliphatic rings. The summed E-state index contributed by atoms with van der Waals surface area (Å²) in [6.07, 6.45) is 0. The Bertz CT molecular complexity index is 620. The van der Waals surface area contributed by atoms with Crippen LogP contribution in [0.5, 0.6) is 23.0 Å². The molecule has 0 aliphatic carbocycles. The number of ether oxygens (including phenoxy) is 3. The SMILES string of the molecule is COc1ccccc1Oc1cccc(OC)c1C(C)=O. The predicted octanol–water partition coefficient (Wildman–Crippen LogP) is 3.70. The molecule has 0 saturated carbocycles. The number of para-hydroxylation sites is 2. The molecule has 0 fully saturated rings. The highest BCUT2D eigenvalue weighted by Gasteiger charge is 2.16. The summed E-state index contributed by atoms with van der Waals surface area (Å²) >= 11 is 0. The largest absolute Gasteiger partial charge is 0.496 e. The molecule has 2 rings (SSSR count). The molecule has 20 heavy (non-hydrogen) atoms. The molecule has 104 valence electrons. The fourth-order valence-electron chi connectivity index (χ4n) is 1.93. The molecule has 0 aliphatic heterocycles. The van der Waals surface area contributed by atoms with Crippen molar-refractivity contribution in [2.24, 2.45) is 0 Å². The van der Waals surface area contributed by atoms with Gasteiger partial charge in [0.25, 0.3) is 0 Å². The van der Waals surface area contributed by atoms with E-state index in [9.17, 15) is 4.79 Å². The van der Waals surface area contributed by atoms with Crippen LogP contribution < -0.4 is 14.2 Å². The van der Waals surface area contributed by atoms with Crippen molar-refractivity contribution in [3.05, 3.63) is 48.0 Å². The van der Waals surface area contributed by atoms with Crippen molar-refractivity contribution in [3.63, 3.8) is 0 Å². The van der Waals surface area contributed by atoms with E-state index in [4.69, 9.17) is 14.2 Å². The molecule has 0 amide bonds. The maximum absolute atomic E-state index is 11.8. The molecule has 0 radical (unpaired) electrons. The molecule has 0 saturated heterocycles. The number of ketones is 1. The van der Waals surface area contributed by atoms with Gasteiger partial charge in [-0.25, -0.2) is 0 Å². The normalized spacial score (nSPS) is 9.95. The van der Waals surface area contributed by atoms with Crippen LogP contribution >= 0.6 is 0 Å². The first kappa shape index (κ1) is 13.9. The van der Waals surface area contributed by atoms with Crippen molar-refractivity contribution in [3.8, 4) is 23.0 Å². The average Bonchev–Trinajstić information content (AvgIpc) is 2.47. The van der Waals surface area contributed by atoms with Gasteiger partial charge in [-0.2, -0.15) is 0 Å². The highest BCUT2D eigenvalue weighted by molar-refractivity contribution is 5.99. The van der Waals surface area contributed by atoms with Gasteiger partial charge in [0.2, 0.25) is 0 Å². The monoisotopic (exact) mass is 272 g/mol. The summed E-state index contributed by atoms with van der Waals surface area (Å²) in [6, 6.07) is 12.5. The summed E-state index contributed by atoms with van der Waals surface area (Å²) in [5, 5.41) is 0. The number of hydrogen-bond acceptors (Lipinski definition) is 4. The van der Waals surface area contributed by atoms with Gasteiger partial charge in [-0.15, -0.1) is 0 Å². The van der Waals surface area contributed by atoms with E-state index >= 15 is 0 Å². The van der Waals surface area contributed by atoms with E-state index in [1.54, 1.807) is 37.4 Å². The lowest BCUT2D eigenvalue weighted by molar-refractivity contribution is 0.101. The number of methoxy groups -OCH3 is 2. The van der Waals surface area contributed by atoms with Gasteiger partial charge < -0.3 is 14.2 Å². The number of rotatable bonds is 5. The highest BCUT2D eigenvalue weighted by Crippen LogP contribution is 2.36. The molecule has 0 bridgehead atoms. The van der Waals surface area contributed by atoms with Gasteiger partial charge in [-0.3, -0.25) is 4.79 Å². The molecule has 0 heterocycles. The molecular formula is C16H16O4. The minimum absolute atomic E-state index is 0.118. The summed E-state index contributed by atoms with van der Waals surface area (Å²) in [7, 11) is 3.09. The van der Waals surface area contributed by atoms with Gasteiger partial charge in [-0.05, 0) is 31.2 Å². The van der Waals surface area contributed by atoms with Crippen LogP contribution in [-0.4, -0.2) is 20.0 Å². The standard InChI is InChI=1S/C16H16O4/c1-11(17)16-14(19-3)9-6-10-15(16)20-13-8-5-4-7-12(13)18-2/h4-10H,1-3H3. The minimum Gasteiger partial charge on any atom is -0.496 e. The summed E-state index contributed by atoms with van der Waals surface area (Å²) in [4.78, 5) is 11.8. The Morgan fingerprint density at radius 3 is 1.95 bits per heavy atom. The van der Waals surface area contributed by atoms with Crippen LogP contribution in [0.25, 0.3) is 0 Å². The van der Waals surface area contributed by atoms with E-state index in [2.05, 4.69) is 0 Å². The lowest BCUT2D eigenvalue weighted by Crippen LogP contribution is -2.01. The maximum Gasteiger partial charge on any atom is 0.169 e. The maximum atomic E-state index is 11.8. The summed E-state index contributed by atoms with van der Waals surface area (Å²) in [6.45, 7) is 1.48. The number of carbonyl (C=O) groups excluding carboxylic acids is 1. The lowest BCUT2D eigenvalue weighted by atomic mass is 10.1. The molecule has 0 N–H and O–H groups in total. The third kappa shape index (κ3) is 2.74. The molecule has 2 aromatic carbocycles. The van der Waals surface area contributed by atoms with Crippen molar-refractivity contribution in [2.75, 3.05) is 14.2 Å². The van der Waals surface area contributed by atoms with Crippen LogP contribution in [0.4, 0.5) is 0 Å². The summed E-state index contributed by atoms with van der Waals surface area (Å²) in [5.41, 5.74) is 0.418. The lowest BCUT2D eigenvalue weighted by Gasteiger charge is -2.14. The van der Waals surface area contributed by atoms with Gasteiger partial charge in [-0.1, -0.05) is 18.2 Å². The number of carbonyl (C=O) groups is 1. The number of hydrogen-bond donors (Lipinski definition) is 0. The van der Waals surface area contributed by atoms with E-state index in [1.165, 1.54) is 14.0 Å². The summed E-state index contributed by atoms with van der Waals surface area (Å²) in [5.74, 6) is 1.97. The Hall–Kier alpha value is -2.49. The second-order valence-corrected chi connectivity index (χ2v) is 4.14. The zero-order chi connectivity index (χ0) is 14.5. The van der Waals surface area contributed by atoms with Crippen molar-refractivity contribution in [1.29, 1.82) is 0 Å². The first-order valence-corrected chi connectivity index (χ1v) is 6.16. The number of Topliss-reactive ketones (excluding diaryl/α,β-unsaturated/α-hetero) is 1. The van der Waals surface area contributed by atoms with Crippen molar-refractivity contribution in [1.82, 2.24) is 0 Å². The van der Waals surface area contributed by atoms with Crippen molar-refractivity contribution in [2.45, 2.75) is 6.92 Å². The third-order valence-electron chi connectivity index (χ3n) is 2.85. The fourth-order valence-corrected chi connectivity index (χ4v) is 1.93. The van der Waals surface area contributed by atoms with Crippen molar-refractivity contribution < 1.29 is 19.0 Å². The Morgan fingerprint density at radius 1 is 0.800 bits per heavy atom. The van der Waals surface area contributed by atoms with E-state index in [0.29, 0.717) is 28.6 Å². The Labute approximate surface area is 117 Å². The van der Waals surface area contributed by atoms with Gasteiger partial charge in [0, 0.05) is 0 Å². The predicted molar refractivity (Wildman–Crippen MR) is 76.1 cm³/mol. The van der Waals surface area contributed by atoms with Gasteiger partial charge in [0.05, 0.1) is 14.2 Å². The van der Waals surface area contributed by atoms with Gasteiger partial charge in [0.1, 0.15) is 17.1 Å². The highest BCUT2D eigenvalue weighted by atomic mass is 16.5. The molecular weight excluding hydrogens is 256 g/mol. The van der Waals surface area contributed by atoms with Crippen molar-refractivity contribution >= 4 is 5.78 Å². The zero-order valence-electron chi connectivity index (χ0n) is 11.7. The van der Waals surface area contributed by atoms with Gasteiger partial charge in [0.15, 0.2) is 17.3 Å². The summed E-state index contributed by atoms with van der Waals surface area (Å²) < 4.78 is 16.3. The Kier molecular flexibility index (Phi) is 4.25. The fraction of sp³-hybridized carbons (Fsp3) is 0.188.